The molecular weight excluding hydrogens is 150 g/mol. The average Bonchev–Trinajstić information content (AvgIpc) is 2.53. The maximum absolute atomic E-state index is 11.6. The Labute approximate surface area is 71.5 Å². The van der Waals surface area contributed by atoms with Crippen LogP contribution in [0.1, 0.15) is 24.3 Å². The molecule has 1 aliphatic heterocycles. The van der Waals surface area contributed by atoms with E-state index < -0.39 is 0 Å². The van der Waals surface area contributed by atoms with Crippen molar-refractivity contribution < 1.29 is 4.79 Å². The van der Waals surface area contributed by atoms with E-state index >= 15 is 0 Å². The third-order valence-corrected chi connectivity index (χ3v) is 2.17. The first-order chi connectivity index (χ1) is 5.70. The van der Waals surface area contributed by atoms with Crippen LogP contribution < -0.4 is 0 Å². The quantitative estimate of drug-likeness (QED) is 0.618. The molecule has 0 saturated heterocycles. The second-order valence-electron chi connectivity index (χ2n) is 3.36. The summed E-state index contributed by atoms with van der Waals surface area (Å²) in [6.07, 6.45) is 3.77. The molecule has 0 N–H and O–H groups in total. The van der Waals surface area contributed by atoms with Crippen molar-refractivity contribution in [3.05, 3.63) is 29.6 Å². The minimum absolute atomic E-state index is 0.130. The van der Waals surface area contributed by atoms with Crippen molar-refractivity contribution in [3.63, 3.8) is 0 Å². The van der Waals surface area contributed by atoms with Crippen molar-refractivity contribution in [2.45, 2.75) is 13.8 Å². The number of carbonyl (C=O) groups is 1. The van der Waals surface area contributed by atoms with E-state index in [9.17, 15) is 4.79 Å². The van der Waals surface area contributed by atoms with Gasteiger partial charge in [-0.2, -0.15) is 0 Å². The van der Waals surface area contributed by atoms with Gasteiger partial charge in [-0.1, -0.05) is 13.8 Å². The summed E-state index contributed by atoms with van der Waals surface area (Å²) in [6.45, 7) is 4.08. The molecular formula is C10H11NO. The van der Waals surface area contributed by atoms with E-state index in [4.69, 9.17) is 0 Å². The topological polar surface area (TPSA) is 22.0 Å². The molecule has 62 valence electrons. The SMILES string of the molecule is CC(C)C1=Cc2cccn2C1=O. The van der Waals surface area contributed by atoms with Crippen molar-refractivity contribution in [3.8, 4) is 0 Å². The van der Waals surface area contributed by atoms with E-state index in [-0.39, 0.29) is 5.91 Å². The number of nitrogens with zero attached hydrogens (tertiary/aromatic N) is 1. The number of rotatable bonds is 1. The van der Waals surface area contributed by atoms with Gasteiger partial charge in [0, 0.05) is 17.5 Å². The number of allylic oxidation sites excluding steroid dienone is 1. The van der Waals surface area contributed by atoms with Gasteiger partial charge in [0.1, 0.15) is 0 Å². The number of hydrogen-bond acceptors (Lipinski definition) is 1. The molecule has 2 rings (SSSR count). The molecule has 0 fully saturated rings. The Morgan fingerprint density at radius 3 is 2.75 bits per heavy atom. The standard InChI is InChI=1S/C10H11NO/c1-7(2)9-6-8-4-3-5-11(8)10(9)12/h3-7H,1-2H3. The molecule has 0 aliphatic carbocycles. The zero-order valence-corrected chi connectivity index (χ0v) is 7.24. The zero-order valence-electron chi connectivity index (χ0n) is 7.24. The molecule has 12 heavy (non-hydrogen) atoms. The lowest BCUT2D eigenvalue weighted by Gasteiger charge is -2.03. The summed E-state index contributed by atoms with van der Waals surface area (Å²) in [5, 5.41) is 0. The molecule has 0 unspecified atom stereocenters. The molecule has 0 saturated carbocycles. The largest absolute Gasteiger partial charge is 0.284 e. The van der Waals surface area contributed by atoms with Gasteiger partial charge in [-0.25, -0.2) is 0 Å². The second kappa shape index (κ2) is 2.34. The summed E-state index contributed by atoms with van der Waals surface area (Å²) >= 11 is 0. The Morgan fingerprint density at radius 2 is 2.17 bits per heavy atom. The Kier molecular flexibility index (Phi) is 1.43. The third kappa shape index (κ3) is 0.843. The van der Waals surface area contributed by atoms with Crippen LogP contribution in [0.15, 0.2) is 23.9 Å². The van der Waals surface area contributed by atoms with E-state index in [0.29, 0.717) is 5.92 Å². The van der Waals surface area contributed by atoms with Crippen LogP contribution in [0.2, 0.25) is 0 Å². The number of fused-ring (bicyclic) bond motifs is 1. The van der Waals surface area contributed by atoms with Gasteiger partial charge in [-0.15, -0.1) is 0 Å². The lowest BCUT2D eigenvalue weighted by Crippen LogP contribution is -2.10. The minimum Gasteiger partial charge on any atom is -0.284 e. The predicted octanol–water partition coefficient (Wildman–Crippen LogP) is 2.18. The highest BCUT2D eigenvalue weighted by Gasteiger charge is 2.22. The van der Waals surface area contributed by atoms with Crippen LogP contribution in [0.5, 0.6) is 0 Å². The first-order valence-corrected chi connectivity index (χ1v) is 4.14. The average molecular weight is 161 g/mol. The van der Waals surface area contributed by atoms with Gasteiger partial charge in [-0.05, 0) is 24.1 Å². The summed E-state index contributed by atoms with van der Waals surface area (Å²) in [5.41, 5.74) is 1.91. The molecule has 0 radical (unpaired) electrons. The summed E-state index contributed by atoms with van der Waals surface area (Å²) in [7, 11) is 0. The fourth-order valence-corrected chi connectivity index (χ4v) is 1.47. The smallest absolute Gasteiger partial charge is 0.258 e. The minimum atomic E-state index is 0.130. The second-order valence-corrected chi connectivity index (χ2v) is 3.36. The molecule has 0 aromatic carbocycles. The zero-order chi connectivity index (χ0) is 8.72. The van der Waals surface area contributed by atoms with Crippen LogP contribution in [-0.4, -0.2) is 10.5 Å². The maximum Gasteiger partial charge on any atom is 0.258 e. The molecule has 2 nitrogen and oxygen atoms in total. The van der Waals surface area contributed by atoms with Gasteiger partial charge in [0.25, 0.3) is 5.91 Å². The Bertz CT molecular complexity index is 358. The fraction of sp³-hybridized carbons (Fsp3) is 0.300. The van der Waals surface area contributed by atoms with Crippen LogP contribution >= 0.6 is 0 Å². The van der Waals surface area contributed by atoms with Gasteiger partial charge in [-0.3, -0.25) is 9.36 Å². The molecule has 0 bridgehead atoms. The van der Waals surface area contributed by atoms with E-state index in [2.05, 4.69) is 0 Å². The highest BCUT2D eigenvalue weighted by Crippen LogP contribution is 2.23. The molecule has 2 heteroatoms. The van der Waals surface area contributed by atoms with Gasteiger partial charge in [0.2, 0.25) is 0 Å². The van der Waals surface area contributed by atoms with Crippen LogP contribution in [0.4, 0.5) is 0 Å². The van der Waals surface area contributed by atoms with Gasteiger partial charge < -0.3 is 0 Å². The summed E-state index contributed by atoms with van der Waals surface area (Å²) in [6, 6.07) is 3.84. The van der Waals surface area contributed by atoms with Gasteiger partial charge in [0.15, 0.2) is 0 Å². The maximum atomic E-state index is 11.6. The van der Waals surface area contributed by atoms with Gasteiger partial charge in [0.05, 0.1) is 0 Å². The first kappa shape index (κ1) is 7.35. The van der Waals surface area contributed by atoms with Gasteiger partial charge >= 0.3 is 0 Å². The Hall–Kier alpha value is -1.31. The lowest BCUT2D eigenvalue weighted by atomic mass is 10.0. The number of carbonyl (C=O) groups excluding carboxylic acids is 1. The van der Waals surface area contributed by atoms with Crippen molar-refractivity contribution in [1.82, 2.24) is 4.57 Å². The monoisotopic (exact) mass is 161 g/mol. The Balaban J connectivity index is 2.48. The third-order valence-electron chi connectivity index (χ3n) is 2.17. The molecule has 1 aromatic rings. The van der Waals surface area contributed by atoms with Crippen LogP contribution in [-0.2, 0) is 0 Å². The van der Waals surface area contributed by atoms with Crippen LogP contribution in [0.3, 0.4) is 0 Å². The molecule has 0 spiro atoms. The summed E-state index contributed by atoms with van der Waals surface area (Å²) < 4.78 is 1.69. The molecule has 0 atom stereocenters. The fourth-order valence-electron chi connectivity index (χ4n) is 1.47. The van der Waals surface area contributed by atoms with Crippen molar-refractivity contribution >= 4 is 12.0 Å². The number of aromatic nitrogens is 1. The highest BCUT2D eigenvalue weighted by atomic mass is 16.2. The molecule has 0 amide bonds. The first-order valence-electron chi connectivity index (χ1n) is 4.14. The molecule has 1 aromatic heterocycles. The normalized spacial score (nSPS) is 15.2. The van der Waals surface area contributed by atoms with E-state index in [1.165, 1.54) is 0 Å². The van der Waals surface area contributed by atoms with Crippen LogP contribution in [0, 0.1) is 5.92 Å². The van der Waals surface area contributed by atoms with E-state index in [1.54, 1.807) is 4.57 Å². The van der Waals surface area contributed by atoms with Crippen molar-refractivity contribution in [2.24, 2.45) is 5.92 Å². The predicted molar refractivity (Wildman–Crippen MR) is 47.9 cm³/mol. The number of hydrogen-bond donors (Lipinski definition) is 0. The highest BCUT2D eigenvalue weighted by molar-refractivity contribution is 6.05. The van der Waals surface area contributed by atoms with Crippen molar-refractivity contribution in [2.75, 3.05) is 0 Å². The lowest BCUT2D eigenvalue weighted by molar-refractivity contribution is 0.0953. The van der Waals surface area contributed by atoms with Crippen LogP contribution in [0.25, 0.3) is 6.08 Å². The van der Waals surface area contributed by atoms with E-state index in [0.717, 1.165) is 11.3 Å². The Morgan fingerprint density at radius 1 is 1.42 bits per heavy atom. The van der Waals surface area contributed by atoms with Crippen molar-refractivity contribution in [1.29, 1.82) is 0 Å². The molecule has 2 heterocycles. The summed E-state index contributed by atoms with van der Waals surface area (Å²) in [4.78, 5) is 11.6. The molecule has 1 aliphatic rings. The summed E-state index contributed by atoms with van der Waals surface area (Å²) in [5.74, 6) is 0.447. The van der Waals surface area contributed by atoms with E-state index in [1.807, 2.05) is 38.3 Å².